The molecule has 31 heavy (non-hydrogen) atoms. The normalized spacial score (nSPS) is 17.9. The van der Waals surface area contributed by atoms with Gasteiger partial charge in [-0.25, -0.2) is 8.93 Å². The lowest BCUT2D eigenvalue weighted by atomic mass is 9.96. The molecule has 2 amide bonds. The Balaban J connectivity index is 1.45. The number of hydrogen-bond acceptors (Lipinski definition) is 3. The smallest absolute Gasteiger partial charge is 0.261 e. The molecule has 3 aromatic rings. The van der Waals surface area contributed by atoms with E-state index in [0.717, 1.165) is 34.1 Å². The zero-order valence-electron chi connectivity index (χ0n) is 17.2. The second-order valence-electron chi connectivity index (χ2n) is 8.23. The average Bonchev–Trinajstić information content (AvgIpc) is 3.05. The molecule has 0 saturated heterocycles. The van der Waals surface area contributed by atoms with Gasteiger partial charge in [0.2, 0.25) is 0 Å². The molecule has 0 spiro atoms. The SMILES string of the molecule is O=C1c2ccccc2C(=O)N1Cc1ccc(S(=O)NC2CCCCC2)c2ccccc12. The van der Waals surface area contributed by atoms with Crippen LogP contribution in [0.4, 0.5) is 0 Å². The Hall–Kier alpha value is -2.83. The van der Waals surface area contributed by atoms with Crippen molar-refractivity contribution in [2.75, 3.05) is 0 Å². The highest BCUT2D eigenvalue weighted by Gasteiger charge is 2.35. The fraction of sp³-hybridized carbons (Fsp3) is 0.280. The van der Waals surface area contributed by atoms with Crippen LogP contribution in [0, 0.1) is 0 Å². The summed E-state index contributed by atoms with van der Waals surface area (Å²) in [7, 11) is -1.31. The molecule has 2 aliphatic rings. The van der Waals surface area contributed by atoms with Crippen LogP contribution in [-0.4, -0.2) is 27.0 Å². The summed E-state index contributed by atoms with van der Waals surface area (Å²) in [5, 5.41) is 1.80. The van der Waals surface area contributed by atoms with E-state index in [2.05, 4.69) is 4.72 Å². The number of nitrogens with one attached hydrogen (secondary N) is 1. The van der Waals surface area contributed by atoms with Crippen LogP contribution in [0.1, 0.15) is 58.4 Å². The van der Waals surface area contributed by atoms with Crippen LogP contribution < -0.4 is 4.72 Å². The van der Waals surface area contributed by atoms with E-state index in [4.69, 9.17) is 0 Å². The Kier molecular flexibility index (Phi) is 5.42. The van der Waals surface area contributed by atoms with Crippen molar-refractivity contribution in [3.8, 4) is 0 Å². The number of imide groups is 1. The maximum atomic E-state index is 13.1. The molecule has 3 aromatic carbocycles. The topological polar surface area (TPSA) is 66.5 Å². The van der Waals surface area contributed by atoms with Crippen LogP contribution in [0.3, 0.4) is 0 Å². The van der Waals surface area contributed by atoms with Gasteiger partial charge in [-0.05, 0) is 47.4 Å². The summed E-state index contributed by atoms with van der Waals surface area (Å²) in [5.41, 5.74) is 1.76. The van der Waals surface area contributed by atoms with Gasteiger partial charge in [-0.1, -0.05) is 61.7 Å². The van der Waals surface area contributed by atoms with Gasteiger partial charge in [-0.2, -0.15) is 0 Å². The van der Waals surface area contributed by atoms with Gasteiger partial charge in [0.15, 0.2) is 0 Å². The van der Waals surface area contributed by atoms with Gasteiger partial charge in [-0.15, -0.1) is 0 Å². The molecule has 1 atom stereocenters. The molecule has 1 aliphatic heterocycles. The highest BCUT2D eigenvalue weighted by atomic mass is 32.2. The van der Waals surface area contributed by atoms with Crippen molar-refractivity contribution in [2.45, 2.75) is 49.6 Å². The predicted octanol–water partition coefficient (Wildman–Crippen LogP) is 4.58. The molecule has 1 saturated carbocycles. The molecule has 1 fully saturated rings. The van der Waals surface area contributed by atoms with Crippen molar-refractivity contribution in [1.82, 2.24) is 9.62 Å². The molecule has 1 aliphatic carbocycles. The third kappa shape index (κ3) is 3.70. The minimum atomic E-state index is -1.31. The molecule has 0 bridgehead atoms. The zero-order valence-corrected chi connectivity index (χ0v) is 18.0. The van der Waals surface area contributed by atoms with Crippen LogP contribution in [0.25, 0.3) is 10.8 Å². The van der Waals surface area contributed by atoms with Crippen LogP contribution in [-0.2, 0) is 17.5 Å². The third-order valence-corrected chi connectivity index (χ3v) is 7.56. The number of rotatable bonds is 5. The van der Waals surface area contributed by atoms with E-state index in [1.807, 2.05) is 36.4 Å². The summed E-state index contributed by atoms with van der Waals surface area (Å²) in [5.74, 6) is -0.535. The van der Waals surface area contributed by atoms with Crippen molar-refractivity contribution in [2.24, 2.45) is 0 Å². The first kappa shape index (κ1) is 20.1. The number of nitrogens with zero attached hydrogens (tertiary/aromatic N) is 1. The molecular weight excluding hydrogens is 408 g/mol. The second kappa shape index (κ2) is 8.36. The minimum absolute atomic E-state index is 0.190. The first-order chi connectivity index (χ1) is 15.1. The van der Waals surface area contributed by atoms with Crippen LogP contribution in [0.5, 0.6) is 0 Å². The Labute approximate surface area is 184 Å². The molecule has 0 aromatic heterocycles. The monoisotopic (exact) mass is 432 g/mol. The Morgan fingerprint density at radius 3 is 2.10 bits per heavy atom. The number of amides is 2. The molecule has 1 unspecified atom stereocenters. The summed E-state index contributed by atoms with van der Waals surface area (Å²) >= 11 is 0. The molecule has 5 nitrogen and oxygen atoms in total. The molecule has 1 N–H and O–H groups in total. The number of fused-ring (bicyclic) bond motifs is 2. The van der Waals surface area contributed by atoms with Crippen molar-refractivity contribution in [1.29, 1.82) is 0 Å². The Morgan fingerprint density at radius 2 is 1.42 bits per heavy atom. The van der Waals surface area contributed by atoms with Gasteiger partial charge in [0.1, 0.15) is 11.0 Å². The summed E-state index contributed by atoms with van der Waals surface area (Å²) in [4.78, 5) is 27.6. The van der Waals surface area contributed by atoms with Gasteiger partial charge in [0, 0.05) is 6.04 Å². The lowest BCUT2D eigenvalue weighted by Crippen LogP contribution is -2.32. The first-order valence-electron chi connectivity index (χ1n) is 10.8. The summed E-state index contributed by atoms with van der Waals surface area (Å²) in [6.45, 7) is 0.190. The van der Waals surface area contributed by atoms with Crippen LogP contribution in [0.2, 0.25) is 0 Å². The first-order valence-corrected chi connectivity index (χ1v) is 11.9. The fourth-order valence-electron chi connectivity index (χ4n) is 4.62. The standard InChI is InChI=1S/C25H24N2O3S/c28-24-21-12-6-7-13-22(21)25(29)27(24)16-17-14-15-23(20-11-5-4-10-19(17)20)31(30)26-18-8-2-1-3-9-18/h4-7,10-15,18,26H,1-3,8-9,16H2. The van der Waals surface area contributed by atoms with Gasteiger partial charge < -0.3 is 0 Å². The average molecular weight is 433 g/mol. The molecule has 5 rings (SSSR count). The third-order valence-electron chi connectivity index (χ3n) is 6.26. The molecule has 158 valence electrons. The predicted molar refractivity (Wildman–Crippen MR) is 121 cm³/mol. The highest BCUT2D eigenvalue weighted by Crippen LogP contribution is 2.30. The lowest BCUT2D eigenvalue weighted by molar-refractivity contribution is 0.0643. The van der Waals surface area contributed by atoms with Crippen LogP contribution in [0.15, 0.2) is 65.6 Å². The van der Waals surface area contributed by atoms with Gasteiger partial charge in [0.05, 0.1) is 22.6 Å². The molecule has 6 heteroatoms. The maximum absolute atomic E-state index is 13.1. The summed E-state index contributed by atoms with van der Waals surface area (Å²) in [6.07, 6.45) is 5.72. The quantitative estimate of drug-likeness (QED) is 0.600. The van der Waals surface area contributed by atoms with E-state index >= 15 is 0 Å². The van der Waals surface area contributed by atoms with Crippen molar-refractivity contribution < 1.29 is 13.8 Å². The van der Waals surface area contributed by atoms with Gasteiger partial charge in [-0.3, -0.25) is 14.5 Å². The lowest BCUT2D eigenvalue weighted by Gasteiger charge is -2.23. The number of hydrogen-bond donors (Lipinski definition) is 1. The second-order valence-corrected chi connectivity index (χ2v) is 9.44. The largest absolute Gasteiger partial charge is 0.270 e. The van der Waals surface area contributed by atoms with Gasteiger partial charge >= 0.3 is 0 Å². The van der Waals surface area contributed by atoms with Crippen LogP contribution >= 0.6 is 0 Å². The summed E-state index contributed by atoms with van der Waals surface area (Å²) < 4.78 is 16.4. The number of benzene rings is 3. The Morgan fingerprint density at radius 1 is 0.806 bits per heavy atom. The van der Waals surface area contributed by atoms with E-state index in [1.54, 1.807) is 24.3 Å². The summed E-state index contributed by atoms with van der Waals surface area (Å²) in [6, 6.07) is 18.7. The van der Waals surface area contributed by atoms with E-state index in [0.29, 0.717) is 11.1 Å². The molecular formula is C25H24N2O3S. The molecule has 0 radical (unpaired) electrons. The number of carbonyl (C=O) groups excluding carboxylic acids is 2. The van der Waals surface area contributed by atoms with E-state index in [9.17, 15) is 13.8 Å². The Bertz CT molecular complexity index is 1170. The van der Waals surface area contributed by atoms with E-state index < -0.39 is 11.0 Å². The van der Waals surface area contributed by atoms with Crippen molar-refractivity contribution in [3.05, 3.63) is 77.4 Å². The van der Waals surface area contributed by atoms with Gasteiger partial charge in [0.25, 0.3) is 11.8 Å². The molecule has 1 heterocycles. The van der Waals surface area contributed by atoms with Crippen molar-refractivity contribution in [3.63, 3.8) is 0 Å². The highest BCUT2D eigenvalue weighted by molar-refractivity contribution is 7.83. The minimum Gasteiger partial charge on any atom is -0.270 e. The number of carbonyl (C=O) groups is 2. The van der Waals surface area contributed by atoms with E-state index in [1.165, 1.54) is 24.2 Å². The van der Waals surface area contributed by atoms with E-state index in [-0.39, 0.29) is 24.4 Å². The maximum Gasteiger partial charge on any atom is 0.261 e. The fourth-order valence-corrected chi connectivity index (χ4v) is 5.86. The zero-order chi connectivity index (χ0) is 21.4. The van der Waals surface area contributed by atoms with Crippen molar-refractivity contribution >= 4 is 33.6 Å².